The Morgan fingerprint density at radius 1 is 1.00 bits per heavy atom. The molecule has 0 radical (unpaired) electrons. The van der Waals surface area contributed by atoms with E-state index in [9.17, 15) is 14.4 Å². The van der Waals surface area contributed by atoms with Gasteiger partial charge >= 0.3 is 11.8 Å². The summed E-state index contributed by atoms with van der Waals surface area (Å²) >= 11 is 18.1. The first kappa shape index (κ1) is 26.2. The van der Waals surface area contributed by atoms with Crippen LogP contribution in [0.5, 0.6) is 0 Å². The molecule has 3 amide bonds. The first-order chi connectivity index (χ1) is 18.3. The molecule has 2 aromatic heterocycles. The second kappa shape index (κ2) is 11.1. The Balaban J connectivity index is 1.23. The molecule has 0 bridgehead atoms. The van der Waals surface area contributed by atoms with Crippen LogP contribution in [0.25, 0.3) is 10.9 Å². The van der Waals surface area contributed by atoms with Gasteiger partial charge in [-0.2, -0.15) is 0 Å². The highest BCUT2D eigenvalue weighted by Gasteiger charge is 2.33. The summed E-state index contributed by atoms with van der Waals surface area (Å²) in [7, 11) is 0. The maximum Gasteiger partial charge on any atom is 0.313 e. The Hall–Kier alpha value is -3.46. The Labute approximate surface area is 233 Å². The highest BCUT2D eigenvalue weighted by Crippen LogP contribution is 2.25. The minimum absolute atomic E-state index is 0.181. The van der Waals surface area contributed by atoms with Crippen LogP contribution in [0.2, 0.25) is 15.2 Å². The predicted molar refractivity (Wildman–Crippen MR) is 149 cm³/mol. The number of amides is 3. The number of H-pyrrole nitrogens is 1. The first-order valence-electron chi connectivity index (χ1n) is 12.1. The predicted octanol–water partition coefficient (Wildman–Crippen LogP) is 5.34. The SMILES string of the molecule is O=C(Nc1ccc2ccn(Cc3ccccc3Cl)c2c1)C(=O)N1CCCC1CNC(=O)c1cc(Cl)c(Cl)[nH]1. The van der Waals surface area contributed by atoms with Gasteiger partial charge in [0.2, 0.25) is 0 Å². The molecule has 1 atom stereocenters. The van der Waals surface area contributed by atoms with Crippen LogP contribution in [-0.4, -0.2) is 51.3 Å². The van der Waals surface area contributed by atoms with E-state index in [1.165, 1.54) is 11.0 Å². The molecule has 11 heteroatoms. The number of halogens is 3. The van der Waals surface area contributed by atoms with Gasteiger partial charge in [0.1, 0.15) is 10.8 Å². The molecular formula is C27H24Cl3N5O3. The van der Waals surface area contributed by atoms with Crippen LogP contribution in [0.3, 0.4) is 0 Å². The highest BCUT2D eigenvalue weighted by molar-refractivity contribution is 6.41. The molecule has 38 heavy (non-hydrogen) atoms. The molecule has 0 aliphatic carbocycles. The van der Waals surface area contributed by atoms with Gasteiger partial charge in [-0.25, -0.2) is 0 Å². The number of hydrogen-bond donors (Lipinski definition) is 3. The van der Waals surface area contributed by atoms with Crippen molar-refractivity contribution in [1.82, 2.24) is 19.8 Å². The number of carbonyl (C=O) groups is 3. The molecule has 1 saturated heterocycles. The Kier molecular flexibility index (Phi) is 7.65. The van der Waals surface area contributed by atoms with Gasteiger partial charge in [-0.15, -0.1) is 0 Å². The Bertz CT molecular complexity index is 1510. The number of benzene rings is 2. The van der Waals surface area contributed by atoms with Gasteiger partial charge in [-0.05, 0) is 54.1 Å². The van der Waals surface area contributed by atoms with Crippen molar-refractivity contribution in [3.05, 3.63) is 87.2 Å². The average Bonchev–Trinajstić information content (AvgIpc) is 3.62. The summed E-state index contributed by atoms with van der Waals surface area (Å²) in [6.45, 7) is 1.21. The zero-order valence-electron chi connectivity index (χ0n) is 20.1. The molecule has 1 aliphatic heterocycles. The lowest BCUT2D eigenvalue weighted by molar-refractivity contribution is -0.143. The van der Waals surface area contributed by atoms with E-state index < -0.39 is 17.7 Å². The van der Waals surface area contributed by atoms with E-state index in [4.69, 9.17) is 34.8 Å². The number of nitrogens with zero attached hydrogens (tertiary/aromatic N) is 2. The van der Waals surface area contributed by atoms with Gasteiger partial charge in [0.05, 0.1) is 10.5 Å². The van der Waals surface area contributed by atoms with Crippen molar-refractivity contribution in [2.75, 3.05) is 18.4 Å². The maximum absolute atomic E-state index is 13.0. The van der Waals surface area contributed by atoms with Crippen molar-refractivity contribution in [1.29, 1.82) is 0 Å². The number of likely N-dealkylation sites (tertiary alicyclic amines) is 1. The number of rotatable bonds is 6. The highest BCUT2D eigenvalue weighted by atomic mass is 35.5. The molecule has 1 aliphatic rings. The minimum Gasteiger partial charge on any atom is -0.349 e. The van der Waals surface area contributed by atoms with Gasteiger partial charge in [0.15, 0.2) is 0 Å². The summed E-state index contributed by atoms with van der Waals surface area (Å²) in [6.07, 6.45) is 3.37. The van der Waals surface area contributed by atoms with Crippen LogP contribution in [0.15, 0.2) is 60.8 Å². The van der Waals surface area contributed by atoms with Crippen LogP contribution in [0.4, 0.5) is 5.69 Å². The van der Waals surface area contributed by atoms with E-state index in [1.807, 2.05) is 53.2 Å². The third-order valence-corrected chi connectivity index (χ3v) is 7.69. The van der Waals surface area contributed by atoms with Crippen molar-refractivity contribution >= 4 is 69.1 Å². The fraction of sp³-hybridized carbons (Fsp3) is 0.222. The van der Waals surface area contributed by atoms with Gasteiger partial charge in [-0.1, -0.05) is 59.1 Å². The molecule has 3 N–H and O–H groups in total. The zero-order valence-corrected chi connectivity index (χ0v) is 22.4. The van der Waals surface area contributed by atoms with E-state index in [2.05, 4.69) is 15.6 Å². The molecule has 196 valence electrons. The molecule has 3 heterocycles. The Morgan fingerprint density at radius 3 is 2.58 bits per heavy atom. The largest absolute Gasteiger partial charge is 0.349 e. The summed E-state index contributed by atoms with van der Waals surface area (Å²) in [5.74, 6) is -1.76. The first-order valence-corrected chi connectivity index (χ1v) is 13.2. The lowest BCUT2D eigenvalue weighted by Crippen LogP contribution is -2.47. The normalized spacial score (nSPS) is 15.1. The van der Waals surface area contributed by atoms with Crippen LogP contribution in [-0.2, 0) is 16.1 Å². The molecule has 2 aromatic carbocycles. The topological polar surface area (TPSA) is 99.2 Å². The summed E-state index contributed by atoms with van der Waals surface area (Å²) in [6, 6.07) is 16.3. The average molecular weight is 573 g/mol. The monoisotopic (exact) mass is 571 g/mol. The van der Waals surface area contributed by atoms with E-state index in [-0.39, 0.29) is 28.5 Å². The number of aromatic amines is 1. The second-order valence-corrected chi connectivity index (χ2v) is 10.3. The van der Waals surface area contributed by atoms with E-state index in [1.54, 1.807) is 6.07 Å². The molecule has 0 saturated carbocycles. The molecule has 1 unspecified atom stereocenters. The molecule has 8 nitrogen and oxygen atoms in total. The summed E-state index contributed by atoms with van der Waals surface area (Å²) in [5, 5.41) is 7.62. The van der Waals surface area contributed by atoms with E-state index in [0.29, 0.717) is 30.2 Å². The van der Waals surface area contributed by atoms with Gasteiger partial charge in [0.25, 0.3) is 5.91 Å². The number of carbonyl (C=O) groups excluding carboxylic acids is 3. The standard InChI is InChI=1S/C27H24Cl3N5O3/c28-20-6-2-1-4-17(20)15-34-11-9-16-7-8-18(12-23(16)34)32-26(37)27(38)35-10-3-5-19(35)14-31-25(36)22-13-21(29)24(30)33-22/h1-2,4,6-9,11-13,19,33H,3,5,10,14-15H2,(H,31,36)(H,32,37). The molecule has 4 aromatic rings. The molecule has 1 fully saturated rings. The number of aromatic nitrogens is 2. The van der Waals surface area contributed by atoms with Crippen molar-refractivity contribution in [3.8, 4) is 0 Å². The maximum atomic E-state index is 13.0. The number of nitrogens with one attached hydrogen (secondary N) is 3. The van der Waals surface area contributed by atoms with Crippen LogP contribution in [0.1, 0.15) is 28.9 Å². The van der Waals surface area contributed by atoms with Crippen LogP contribution < -0.4 is 10.6 Å². The fourth-order valence-electron chi connectivity index (χ4n) is 4.67. The summed E-state index contributed by atoms with van der Waals surface area (Å²) < 4.78 is 2.04. The minimum atomic E-state index is -0.727. The van der Waals surface area contributed by atoms with Crippen LogP contribution in [0, 0.1) is 0 Å². The number of anilines is 1. The van der Waals surface area contributed by atoms with Crippen molar-refractivity contribution in [3.63, 3.8) is 0 Å². The smallest absolute Gasteiger partial charge is 0.313 e. The third kappa shape index (κ3) is 5.53. The van der Waals surface area contributed by atoms with Gasteiger partial charge in [-0.3, -0.25) is 14.4 Å². The van der Waals surface area contributed by atoms with E-state index in [0.717, 1.165) is 22.9 Å². The van der Waals surface area contributed by atoms with Gasteiger partial charge in [0, 0.05) is 42.6 Å². The lowest BCUT2D eigenvalue weighted by Gasteiger charge is -2.24. The molecule has 5 rings (SSSR count). The lowest BCUT2D eigenvalue weighted by atomic mass is 10.2. The van der Waals surface area contributed by atoms with Crippen LogP contribution >= 0.6 is 34.8 Å². The quantitative estimate of drug-likeness (QED) is 0.272. The third-order valence-electron chi connectivity index (χ3n) is 6.63. The van der Waals surface area contributed by atoms with Crippen molar-refractivity contribution < 1.29 is 14.4 Å². The second-order valence-electron chi connectivity index (χ2n) is 9.11. The molecular weight excluding hydrogens is 549 g/mol. The fourth-order valence-corrected chi connectivity index (χ4v) is 5.18. The van der Waals surface area contributed by atoms with Crippen molar-refractivity contribution in [2.45, 2.75) is 25.4 Å². The Morgan fingerprint density at radius 2 is 1.82 bits per heavy atom. The molecule has 0 spiro atoms. The summed E-state index contributed by atoms with van der Waals surface area (Å²) in [5.41, 5.74) is 2.62. The van der Waals surface area contributed by atoms with Gasteiger partial charge < -0.3 is 25.1 Å². The van der Waals surface area contributed by atoms with E-state index >= 15 is 0 Å². The zero-order chi connectivity index (χ0) is 26.8. The summed E-state index contributed by atoms with van der Waals surface area (Å²) in [4.78, 5) is 42.5. The number of fused-ring (bicyclic) bond motifs is 1. The number of hydrogen-bond acceptors (Lipinski definition) is 3. The van der Waals surface area contributed by atoms with Crippen molar-refractivity contribution in [2.24, 2.45) is 0 Å².